The largest absolute Gasteiger partial charge is 0.466 e. The molecule has 1 atom stereocenters. The average molecular weight is 310 g/mol. The van der Waals surface area contributed by atoms with Crippen LogP contribution in [0.15, 0.2) is 23.8 Å². The summed E-state index contributed by atoms with van der Waals surface area (Å²) in [5.74, 6) is 0.327. The number of hydrogen-bond acceptors (Lipinski definition) is 3. The van der Waals surface area contributed by atoms with E-state index in [1.165, 1.54) is 13.2 Å². The number of esters is 1. The van der Waals surface area contributed by atoms with E-state index in [0.717, 1.165) is 50.5 Å². The van der Waals surface area contributed by atoms with E-state index in [1.807, 2.05) is 13.0 Å². The average Bonchev–Trinajstić information content (AvgIpc) is 2.52. The van der Waals surface area contributed by atoms with Gasteiger partial charge in [-0.2, -0.15) is 0 Å². The minimum absolute atomic E-state index is 0.312. The van der Waals surface area contributed by atoms with E-state index in [0.29, 0.717) is 5.92 Å². The molecule has 0 aliphatic heterocycles. The van der Waals surface area contributed by atoms with Gasteiger partial charge in [0.1, 0.15) is 0 Å². The first-order valence-corrected chi connectivity index (χ1v) is 8.55. The number of methoxy groups -OCH3 is 1. The van der Waals surface area contributed by atoms with Crippen molar-refractivity contribution in [3.8, 4) is 0 Å². The summed E-state index contributed by atoms with van der Waals surface area (Å²) in [6.07, 6.45) is 12.5. The maximum Gasteiger partial charge on any atom is 0.330 e. The molecule has 0 saturated heterocycles. The van der Waals surface area contributed by atoms with Crippen LogP contribution in [0.2, 0.25) is 0 Å². The second-order valence-electron chi connectivity index (χ2n) is 6.15. The minimum atomic E-state index is -0.478. The van der Waals surface area contributed by atoms with Gasteiger partial charge in [-0.3, -0.25) is 0 Å². The van der Waals surface area contributed by atoms with Gasteiger partial charge in [0, 0.05) is 6.08 Å². The first-order valence-electron chi connectivity index (χ1n) is 8.55. The summed E-state index contributed by atoms with van der Waals surface area (Å²) in [5, 5.41) is 10.3. The van der Waals surface area contributed by atoms with Crippen LogP contribution in [0.3, 0.4) is 0 Å². The van der Waals surface area contributed by atoms with Gasteiger partial charge in [-0.25, -0.2) is 4.79 Å². The molecule has 0 aromatic carbocycles. The number of carbonyl (C=O) groups excluding carboxylic acids is 1. The zero-order chi connectivity index (χ0) is 17.0. The van der Waals surface area contributed by atoms with Crippen LogP contribution in [-0.4, -0.2) is 23.8 Å². The molecule has 0 saturated carbocycles. The number of aliphatic hydroxyl groups is 1. The van der Waals surface area contributed by atoms with Crippen LogP contribution >= 0.6 is 0 Å². The molecule has 0 spiro atoms. The quantitative estimate of drug-likeness (QED) is 0.339. The summed E-state index contributed by atoms with van der Waals surface area (Å²) in [6, 6.07) is 0. The highest BCUT2D eigenvalue weighted by Crippen LogP contribution is 2.25. The topological polar surface area (TPSA) is 46.5 Å². The molecular weight excluding hydrogens is 276 g/mol. The fourth-order valence-electron chi connectivity index (χ4n) is 2.55. The van der Waals surface area contributed by atoms with Gasteiger partial charge in [0.25, 0.3) is 0 Å². The molecule has 0 aromatic rings. The number of carbonyl (C=O) groups is 1. The Bertz CT molecular complexity index is 365. The lowest BCUT2D eigenvalue weighted by atomic mass is 9.87. The molecule has 1 N–H and O–H groups in total. The van der Waals surface area contributed by atoms with Crippen molar-refractivity contribution in [2.24, 2.45) is 5.92 Å². The lowest BCUT2D eigenvalue weighted by Crippen LogP contribution is -2.26. The highest BCUT2D eigenvalue weighted by atomic mass is 16.5. The van der Waals surface area contributed by atoms with Crippen LogP contribution in [0.25, 0.3) is 0 Å². The van der Waals surface area contributed by atoms with Crippen molar-refractivity contribution in [1.29, 1.82) is 0 Å². The number of ether oxygens (including phenoxy) is 1. The molecule has 0 bridgehead atoms. The maximum absolute atomic E-state index is 11.1. The SMILES string of the molecule is CCC(CC=CC(C)=CC(=O)OC)CCCC(O)(CC)CC. The van der Waals surface area contributed by atoms with Crippen LogP contribution < -0.4 is 0 Å². The molecule has 0 aromatic heterocycles. The van der Waals surface area contributed by atoms with Crippen LogP contribution in [0, 0.1) is 5.92 Å². The molecule has 0 amide bonds. The van der Waals surface area contributed by atoms with Crippen LogP contribution in [0.4, 0.5) is 0 Å². The number of allylic oxidation sites excluding steroid dienone is 3. The maximum atomic E-state index is 11.1. The summed E-state index contributed by atoms with van der Waals surface area (Å²) < 4.78 is 4.60. The Morgan fingerprint density at radius 3 is 2.41 bits per heavy atom. The summed E-state index contributed by atoms with van der Waals surface area (Å²) in [7, 11) is 1.39. The second-order valence-corrected chi connectivity index (χ2v) is 6.15. The summed E-state index contributed by atoms with van der Waals surface area (Å²) >= 11 is 0. The zero-order valence-corrected chi connectivity index (χ0v) is 15.0. The van der Waals surface area contributed by atoms with Crippen molar-refractivity contribution in [2.45, 2.75) is 78.2 Å². The Kier molecular flexibility index (Phi) is 10.9. The third-order valence-electron chi connectivity index (χ3n) is 4.54. The molecule has 0 rings (SSSR count). The van der Waals surface area contributed by atoms with Crippen LogP contribution in [0.1, 0.15) is 72.6 Å². The standard InChI is InChI=1S/C19H34O3/c1-6-17(13-10-14-19(21,7-2)8-3)12-9-11-16(4)15-18(20)22-5/h9,11,15,17,21H,6-8,10,12-14H2,1-5H3. The van der Waals surface area contributed by atoms with Gasteiger partial charge in [0.2, 0.25) is 0 Å². The van der Waals surface area contributed by atoms with Gasteiger partial charge in [-0.1, -0.05) is 52.2 Å². The van der Waals surface area contributed by atoms with Crippen LogP contribution in [0.5, 0.6) is 0 Å². The smallest absolute Gasteiger partial charge is 0.330 e. The predicted molar refractivity (Wildman–Crippen MR) is 92.7 cm³/mol. The van der Waals surface area contributed by atoms with Crippen molar-refractivity contribution in [3.63, 3.8) is 0 Å². The molecule has 3 nitrogen and oxygen atoms in total. The van der Waals surface area contributed by atoms with E-state index >= 15 is 0 Å². The van der Waals surface area contributed by atoms with Gasteiger partial charge in [0.05, 0.1) is 12.7 Å². The van der Waals surface area contributed by atoms with Crippen molar-refractivity contribution < 1.29 is 14.6 Å². The van der Waals surface area contributed by atoms with Crippen molar-refractivity contribution in [1.82, 2.24) is 0 Å². The normalized spacial score (nSPS) is 14.4. The Balaban J connectivity index is 4.22. The molecule has 3 heteroatoms. The zero-order valence-electron chi connectivity index (χ0n) is 15.0. The van der Waals surface area contributed by atoms with E-state index in [9.17, 15) is 9.90 Å². The van der Waals surface area contributed by atoms with Gasteiger partial charge < -0.3 is 9.84 Å². The van der Waals surface area contributed by atoms with Crippen molar-refractivity contribution in [3.05, 3.63) is 23.8 Å². The van der Waals surface area contributed by atoms with E-state index in [4.69, 9.17) is 0 Å². The molecule has 128 valence electrons. The lowest BCUT2D eigenvalue weighted by Gasteiger charge is -2.25. The monoisotopic (exact) mass is 310 g/mol. The molecule has 0 radical (unpaired) electrons. The summed E-state index contributed by atoms with van der Waals surface area (Å²) in [6.45, 7) is 8.22. The van der Waals surface area contributed by atoms with E-state index < -0.39 is 5.60 Å². The van der Waals surface area contributed by atoms with Gasteiger partial charge >= 0.3 is 5.97 Å². The Labute approximate surface area is 136 Å². The highest BCUT2D eigenvalue weighted by Gasteiger charge is 2.21. The van der Waals surface area contributed by atoms with Gasteiger partial charge in [-0.05, 0) is 44.1 Å². The molecular formula is C19H34O3. The lowest BCUT2D eigenvalue weighted by molar-refractivity contribution is -0.134. The van der Waals surface area contributed by atoms with E-state index in [2.05, 4.69) is 31.6 Å². The number of hydrogen-bond donors (Lipinski definition) is 1. The summed E-state index contributed by atoms with van der Waals surface area (Å²) in [5.41, 5.74) is 0.432. The Hall–Kier alpha value is -1.09. The molecule has 1 unspecified atom stereocenters. The Morgan fingerprint density at radius 1 is 1.27 bits per heavy atom. The highest BCUT2D eigenvalue weighted by molar-refractivity contribution is 5.83. The van der Waals surface area contributed by atoms with E-state index in [1.54, 1.807) is 0 Å². The molecule has 22 heavy (non-hydrogen) atoms. The fraction of sp³-hybridized carbons (Fsp3) is 0.737. The third kappa shape index (κ3) is 9.04. The molecule has 0 aliphatic rings. The number of rotatable bonds is 11. The van der Waals surface area contributed by atoms with Crippen molar-refractivity contribution in [2.75, 3.05) is 7.11 Å². The van der Waals surface area contributed by atoms with Gasteiger partial charge in [0.15, 0.2) is 0 Å². The summed E-state index contributed by atoms with van der Waals surface area (Å²) in [4.78, 5) is 11.1. The van der Waals surface area contributed by atoms with Crippen LogP contribution in [-0.2, 0) is 9.53 Å². The van der Waals surface area contributed by atoms with Gasteiger partial charge in [-0.15, -0.1) is 0 Å². The van der Waals surface area contributed by atoms with E-state index in [-0.39, 0.29) is 5.97 Å². The minimum Gasteiger partial charge on any atom is -0.466 e. The fourth-order valence-corrected chi connectivity index (χ4v) is 2.55. The first kappa shape index (κ1) is 20.9. The third-order valence-corrected chi connectivity index (χ3v) is 4.54. The first-order chi connectivity index (χ1) is 10.4. The molecule has 0 aliphatic carbocycles. The molecule has 0 heterocycles. The second kappa shape index (κ2) is 11.5. The molecule has 0 fully saturated rings. The predicted octanol–water partition coefficient (Wildman–Crippen LogP) is 4.80. The Morgan fingerprint density at radius 2 is 1.91 bits per heavy atom. The van der Waals surface area contributed by atoms with Crippen molar-refractivity contribution >= 4 is 5.97 Å².